The predicted octanol–water partition coefficient (Wildman–Crippen LogP) is 1.79. The van der Waals surface area contributed by atoms with Crippen LogP contribution in [-0.4, -0.2) is 18.4 Å². The highest BCUT2D eigenvalue weighted by Crippen LogP contribution is 2.37. The maximum absolute atomic E-state index is 13.0. The minimum absolute atomic E-state index is 0.0674. The van der Waals surface area contributed by atoms with Gasteiger partial charge < -0.3 is 9.57 Å². The Balaban J connectivity index is 2.53. The van der Waals surface area contributed by atoms with Crippen molar-refractivity contribution >= 4 is 11.8 Å². The summed E-state index contributed by atoms with van der Waals surface area (Å²) in [5.74, 6) is 4.56. The first-order valence-corrected chi connectivity index (χ1v) is 5.51. The van der Waals surface area contributed by atoms with Crippen LogP contribution < -0.4 is 16.0 Å². The standard InChI is InChI=1S/C11H10F3N3O3/c12-11(13,14)6-2-1-3-8(20-10(18)16-15)9(6)7-4-5-19-17-7/h1-3H,4-5,15H2,(H,16,18). The molecule has 6 nitrogen and oxygen atoms in total. The highest BCUT2D eigenvalue weighted by atomic mass is 19.4. The molecule has 0 saturated carbocycles. The van der Waals surface area contributed by atoms with E-state index in [1.165, 1.54) is 6.07 Å². The Morgan fingerprint density at radius 3 is 2.75 bits per heavy atom. The molecule has 0 bridgehead atoms. The van der Waals surface area contributed by atoms with Gasteiger partial charge in [-0.05, 0) is 12.1 Å². The van der Waals surface area contributed by atoms with Crippen LogP contribution in [0.1, 0.15) is 17.5 Å². The van der Waals surface area contributed by atoms with Crippen molar-refractivity contribution in [3.05, 3.63) is 29.3 Å². The van der Waals surface area contributed by atoms with Gasteiger partial charge >= 0.3 is 12.3 Å². The van der Waals surface area contributed by atoms with Gasteiger partial charge in [0.15, 0.2) is 0 Å². The van der Waals surface area contributed by atoms with Crippen LogP contribution in [0.15, 0.2) is 23.4 Å². The fourth-order valence-electron chi connectivity index (χ4n) is 1.76. The number of alkyl halides is 3. The average molecular weight is 289 g/mol. The van der Waals surface area contributed by atoms with Crippen LogP contribution in [0, 0.1) is 0 Å². The van der Waals surface area contributed by atoms with Gasteiger partial charge in [0.05, 0.1) is 16.8 Å². The first-order chi connectivity index (χ1) is 9.43. The highest BCUT2D eigenvalue weighted by Gasteiger charge is 2.37. The minimum atomic E-state index is -4.61. The first-order valence-electron chi connectivity index (χ1n) is 5.51. The van der Waals surface area contributed by atoms with Crippen molar-refractivity contribution in [3.8, 4) is 5.75 Å². The molecule has 0 unspecified atom stereocenters. The third kappa shape index (κ3) is 2.82. The molecule has 2 rings (SSSR count). The van der Waals surface area contributed by atoms with Gasteiger partial charge in [-0.25, -0.2) is 10.6 Å². The lowest BCUT2D eigenvalue weighted by Gasteiger charge is -2.15. The van der Waals surface area contributed by atoms with Crippen molar-refractivity contribution in [2.75, 3.05) is 6.61 Å². The molecule has 20 heavy (non-hydrogen) atoms. The molecule has 0 atom stereocenters. The molecule has 0 saturated heterocycles. The van der Waals surface area contributed by atoms with Crippen molar-refractivity contribution in [1.82, 2.24) is 5.43 Å². The van der Waals surface area contributed by atoms with Gasteiger partial charge in [0.1, 0.15) is 12.4 Å². The predicted molar refractivity (Wildman–Crippen MR) is 61.9 cm³/mol. The Hall–Kier alpha value is -2.29. The second-order valence-corrected chi connectivity index (χ2v) is 3.83. The van der Waals surface area contributed by atoms with E-state index in [0.29, 0.717) is 0 Å². The number of benzene rings is 1. The summed E-state index contributed by atoms with van der Waals surface area (Å²) in [7, 11) is 0. The summed E-state index contributed by atoms with van der Waals surface area (Å²) in [6.45, 7) is 0.171. The topological polar surface area (TPSA) is 85.9 Å². The van der Waals surface area contributed by atoms with E-state index in [4.69, 9.17) is 15.4 Å². The molecule has 3 N–H and O–H groups in total. The fraction of sp³-hybridized carbons (Fsp3) is 0.273. The number of amides is 1. The van der Waals surface area contributed by atoms with Gasteiger partial charge in [-0.2, -0.15) is 13.2 Å². The van der Waals surface area contributed by atoms with E-state index in [9.17, 15) is 18.0 Å². The SMILES string of the molecule is NNC(=O)Oc1cccc(C(F)(F)F)c1C1=NOCC1. The maximum atomic E-state index is 13.0. The number of hydrogen-bond acceptors (Lipinski definition) is 5. The van der Waals surface area contributed by atoms with Crippen LogP contribution in [0.5, 0.6) is 5.75 Å². The lowest BCUT2D eigenvalue weighted by molar-refractivity contribution is -0.137. The largest absolute Gasteiger partial charge is 0.426 e. The summed E-state index contributed by atoms with van der Waals surface area (Å²) in [5, 5.41) is 3.55. The molecule has 108 valence electrons. The Bertz CT molecular complexity index is 558. The number of nitrogens with zero attached hydrogens (tertiary/aromatic N) is 1. The summed E-state index contributed by atoms with van der Waals surface area (Å²) in [4.78, 5) is 15.8. The lowest BCUT2D eigenvalue weighted by atomic mass is 9.99. The summed E-state index contributed by atoms with van der Waals surface area (Å²) in [6.07, 6.45) is -5.50. The number of rotatable bonds is 2. The molecule has 1 aliphatic rings. The Morgan fingerprint density at radius 2 is 2.20 bits per heavy atom. The third-order valence-electron chi connectivity index (χ3n) is 2.55. The average Bonchev–Trinajstić information content (AvgIpc) is 2.91. The Kier molecular flexibility index (Phi) is 3.79. The van der Waals surface area contributed by atoms with Gasteiger partial charge in [-0.15, -0.1) is 0 Å². The van der Waals surface area contributed by atoms with Gasteiger partial charge in [0.2, 0.25) is 0 Å². The van der Waals surface area contributed by atoms with E-state index >= 15 is 0 Å². The summed E-state index contributed by atoms with van der Waals surface area (Å²) in [5.41, 5.74) is 0.470. The van der Waals surface area contributed by atoms with E-state index in [1.807, 2.05) is 0 Å². The fourth-order valence-corrected chi connectivity index (χ4v) is 1.76. The zero-order chi connectivity index (χ0) is 14.8. The molecular weight excluding hydrogens is 279 g/mol. The van der Waals surface area contributed by atoms with E-state index in [-0.39, 0.29) is 30.1 Å². The quantitative estimate of drug-likeness (QED) is 0.494. The van der Waals surface area contributed by atoms with Gasteiger partial charge in [0, 0.05) is 6.42 Å². The van der Waals surface area contributed by atoms with Gasteiger partial charge in [0.25, 0.3) is 0 Å². The van der Waals surface area contributed by atoms with Crippen LogP contribution in [-0.2, 0) is 11.0 Å². The van der Waals surface area contributed by atoms with Crippen molar-refractivity contribution in [2.24, 2.45) is 11.0 Å². The second-order valence-electron chi connectivity index (χ2n) is 3.83. The number of oxime groups is 1. The van der Waals surface area contributed by atoms with Crippen molar-refractivity contribution < 1.29 is 27.5 Å². The molecular formula is C11H10F3N3O3. The van der Waals surface area contributed by atoms with E-state index < -0.39 is 17.8 Å². The van der Waals surface area contributed by atoms with Crippen molar-refractivity contribution in [2.45, 2.75) is 12.6 Å². The monoisotopic (exact) mass is 289 g/mol. The number of carbonyl (C=O) groups is 1. The molecule has 0 aliphatic carbocycles. The lowest BCUT2D eigenvalue weighted by Crippen LogP contribution is -2.33. The summed E-state index contributed by atoms with van der Waals surface area (Å²) >= 11 is 0. The van der Waals surface area contributed by atoms with E-state index in [2.05, 4.69) is 5.16 Å². The highest BCUT2D eigenvalue weighted by molar-refractivity contribution is 6.05. The zero-order valence-corrected chi connectivity index (χ0v) is 10.0. The number of carbonyl (C=O) groups excluding carboxylic acids is 1. The summed E-state index contributed by atoms with van der Waals surface area (Å²) in [6, 6.07) is 3.23. The third-order valence-corrected chi connectivity index (χ3v) is 2.55. The molecule has 0 aromatic heterocycles. The van der Waals surface area contributed by atoms with Crippen LogP contribution in [0.25, 0.3) is 0 Å². The van der Waals surface area contributed by atoms with E-state index in [0.717, 1.165) is 12.1 Å². The molecule has 1 heterocycles. The number of nitrogens with two attached hydrogens (primary N) is 1. The molecule has 1 aromatic carbocycles. The molecule has 9 heteroatoms. The first kappa shape index (κ1) is 14.1. The number of nitrogens with one attached hydrogen (secondary N) is 1. The maximum Gasteiger partial charge on any atom is 0.426 e. The molecule has 1 aromatic rings. The number of hydrazine groups is 1. The minimum Gasteiger partial charge on any atom is -0.409 e. The van der Waals surface area contributed by atoms with Crippen molar-refractivity contribution in [3.63, 3.8) is 0 Å². The van der Waals surface area contributed by atoms with Crippen LogP contribution >= 0.6 is 0 Å². The zero-order valence-electron chi connectivity index (χ0n) is 10.0. The van der Waals surface area contributed by atoms with Crippen LogP contribution in [0.3, 0.4) is 0 Å². The normalized spacial score (nSPS) is 14.5. The molecule has 0 radical (unpaired) electrons. The number of hydrogen-bond donors (Lipinski definition) is 2. The number of halogens is 3. The van der Waals surface area contributed by atoms with E-state index in [1.54, 1.807) is 5.43 Å². The van der Waals surface area contributed by atoms with Crippen molar-refractivity contribution in [1.29, 1.82) is 0 Å². The molecule has 1 aliphatic heterocycles. The smallest absolute Gasteiger partial charge is 0.409 e. The summed E-state index contributed by atoms with van der Waals surface area (Å²) < 4.78 is 43.8. The second kappa shape index (κ2) is 5.37. The van der Waals surface area contributed by atoms with Crippen LogP contribution in [0.4, 0.5) is 18.0 Å². The molecule has 0 fully saturated rings. The number of ether oxygens (including phenoxy) is 1. The molecule has 1 amide bonds. The molecule has 0 spiro atoms. The van der Waals surface area contributed by atoms with Gasteiger partial charge in [-0.3, -0.25) is 5.43 Å². The Morgan fingerprint density at radius 1 is 1.45 bits per heavy atom. The van der Waals surface area contributed by atoms with Gasteiger partial charge in [-0.1, -0.05) is 11.2 Å². The van der Waals surface area contributed by atoms with Crippen LogP contribution in [0.2, 0.25) is 0 Å². The Labute approximate surface area is 111 Å².